The van der Waals surface area contributed by atoms with Crippen molar-refractivity contribution >= 4 is 5.78 Å². The van der Waals surface area contributed by atoms with Crippen molar-refractivity contribution in [3.63, 3.8) is 0 Å². The highest BCUT2D eigenvalue weighted by Crippen LogP contribution is 2.48. The first kappa shape index (κ1) is 27.7. The van der Waals surface area contributed by atoms with E-state index >= 15 is 0 Å². The maximum absolute atomic E-state index is 14.9. The van der Waals surface area contributed by atoms with Gasteiger partial charge < -0.3 is 20.2 Å². The quantitative estimate of drug-likeness (QED) is 0.365. The van der Waals surface area contributed by atoms with Crippen LogP contribution in [-0.4, -0.2) is 73.0 Å². The normalized spacial score (nSPS) is 26.0. The smallest absolute Gasteiger partial charge is 0.167 e. The van der Waals surface area contributed by atoms with E-state index in [0.717, 1.165) is 51.0 Å². The van der Waals surface area contributed by atoms with Crippen LogP contribution in [0.1, 0.15) is 60.5 Å². The van der Waals surface area contributed by atoms with Crippen molar-refractivity contribution in [2.24, 2.45) is 17.8 Å². The van der Waals surface area contributed by atoms with Gasteiger partial charge in [-0.3, -0.25) is 4.79 Å². The molecule has 0 amide bonds. The third-order valence-corrected chi connectivity index (χ3v) is 8.76. The third kappa shape index (κ3) is 6.24. The van der Waals surface area contributed by atoms with E-state index in [1.165, 1.54) is 6.07 Å². The highest BCUT2D eigenvalue weighted by atomic mass is 19.1. The molecule has 37 heavy (non-hydrogen) atoms. The molecule has 202 valence electrons. The van der Waals surface area contributed by atoms with Crippen molar-refractivity contribution in [2.75, 3.05) is 46.8 Å². The number of benzene rings is 2. The summed E-state index contributed by atoms with van der Waals surface area (Å²) in [5, 5.41) is 13.8. The zero-order valence-corrected chi connectivity index (χ0v) is 23.1. The minimum absolute atomic E-state index is 0.0383. The standard InChI is InChI=1S/C31H44FN3O2/c1-21-24(12-9-13-28(21)32)29-25(27-14-15-33-31(27,2)3)19-35(17-7-6-16-34(4)5)20-26(29)30(37)22-10-8-11-23(36)18-22/h8-13,18,25-27,29,33,36H,6-7,14-17,19-20H2,1-5H3/t25?,26-,27-,29+/m0/s1. The number of nitrogens with one attached hydrogen (secondary N) is 1. The summed E-state index contributed by atoms with van der Waals surface area (Å²) in [5.74, 6) is 0.0898. The van der Waals surface area contributed by atoms with Gasteiger partial charge in [0.1, 0.15) is 11.6 Å². The second-order valence-electron chi connectivity index (χ2n) is 12.0. The summed E-state index contributed by atoms with van der Waals surface area (Å²) in [6.07, 6.45) is 3.24. The lowest BCUT2D eigenvalue weighted by Gasteiger charge is -2.49. The Labute approximate surface area is 222 Å². The Bertz CT molecular complexity index is 1090. The van der Waals surface area contributed by atoms with Gasteiger partial charge in [0.2, 0.25) is 0 Å². The van der Waals surface area contributed by atoms with Crippen molar-refractivity contribution in [1.82, 2.24) is 15.1 Å². The van der Waals surface area contributed by atoms with E-state index in [-0.39, 0.29) is 40.6 Å². The number of phenolic OH excluding ortho intramolecular Hbond substituents is 1. The Morgan fingerprint density at radius 3 is 2.59 bits per heavy atom. The predicted molar refractivity (Wildman–Crippen MR) is 148 cm³/mol. The molecular weight excluding hydrogens is 465 g/mol. The fourth-order valence-electron chi connectivity index (χ4n) is 6.84. The fraction of sp³-hybridized carbons (Fsp3) is 0.581. The van der Waals surface area contributed by atoms with E-state index in [2.05, 4.69) is 43.1 Å². The van der Waals surface area contributed by atoms with Gasteiger partial charge in [0.15, 0.2) is 5.78 Å². The van der Waals surface area contributed by atoms with E-state index in [1.54, 1.807) is 30.3 Å². The number of ketones is 1. The number of halogens is 1. The van der Waals surface area contributed by atoms with Crippen molar-refractivity contribution in [1.29, 1.82) is 0 Å². The van der Waals surface area contributed by atoms with Crippen LogP contribution in [0.4, 0.5) is 4.39 Å². The molecular formula is C31H44FN3O2. The average molecular weight is 510 g/mol. The SMILES string of the molecule is Cc1c(F)cccc1[C@@H]1C([C@@H]2CCNC2(C)C)CN(CCCCN(C)C)C[C@@H]1C(=O)c1cccc(O)c1. The number of hydrogen-bond acceptors (Lipinski definition) is 5. The van der Waals surface area contributed by atoms with Gasteiger partial charge in [0.25, 0.3) is 0 Å². The summed E-state index contributed by atoms with van der Waals surface area (Å²) < 4.78 is 14.9. The molecule has 2 fully saturated rings. The molecule has 1 unspecified atom stereocenters. The number of carbonyl (C=O) groups excluding carboxylic acids is 1. The molecule has 2 heterocycles. The average Bonchev–Trinajstić information content (AvgIpc) is 3.21. The van der Waals surface area contributed by atoms with Crippen molar-refractivity contribution in [3.05, 3.63) is 65.0 Å². The number of piperidine rings is 1. The van der Waals surface area contributed by atoms with E-state index in [9.17, 15) is 14.3 Å². The first-order valence-corrected chi connectivity index (χ1v) is 13.8. The van der Waals surface area contributed by atoms with Crippen LogP contribution in [0, 0.1) is 30.5 Å². The number of Topliss-reactive ketones (excluding diaryl/α,β-unsaturated/α-hetero) is 1. The van der Waals surface area contributed by atoms with Gasteiger partial charge in [0.05, 0.1) is 0 Å². The summed E-state index contributed by atoms with van der Waals surface area (Å²) in [7, 11) is 4.20. The van der Waals surface area contributed by atoms with Crippen LogP contribution in [0.25, 0.3) is 0 Å². The summed E-state index contributed by atoms with van der Waals surface area (Å²) in [6.45, 7) is 10.9. The Hall–Kier alpha value is -2.28. The molecule has 0 aromatic heterocycles. The van der Waals surface area contributed by atoms with Gasteiger partial charge in [-0.05, 0) is 121 Å². The molecule has 0 bridgehead atoms. The largest absolute Gasteiger partial charge is 0.508 e. The van der Waals surface area contributed by atoms with Gasteiger partial charge in [-0.25, -0.2) is 4.39 Å². The van der Waals surface area contributed by atoms with Crippen molar-refractivity contribution < 1.29 is 14.3 Å². The first-order valence-electron chi connectivity index (χ1n) is 13.8. The predicted octanol–water partition coefficient (Wildman–Crippen LogP) is 5.08. The van der Waals surface area contributed by atoms with E-state index in [0.29, 0.717) is 23.6 Å². The monoisotopic (exact) mass is 509 g/mol. The molecule has 0 radical (unpaired) electrons. The molecule has 4 rings (SSSR count). The number of rotatable bonds is 9. The molecule has 2 aliphatic heterocycles. The van der Waals surface area contributed by atoms with Gasteiger partial charge in [-0.1, -0.05) is 24.3 Å². The Morgan fingerprint density at radius 1 is 1.16 bits per heavy atom. The fourth-order valence-corrected chi connectivity index (χ4v) is 6.84. The molecule has 2 saturated heterocycles. The van der Waals surface area contributed by atoms with Crippen LogP contribution < -0.4 is 5.32 Å². The van der Waals surface area contributed by atoms with Crippen LogP contribution in [-0.2, 0) is 0 Å². The first-order chi connectivity index (χ1) is 17.6. The zero-order valence-electron chi connectivity index (χ0n) is 23.1. The van der Waals surface area contributed by atoms with Crippen molar-refractivity contribution in [2.45, 2.75) is 51.5 Å². The Kier molecular flexibility index (Phi) is 8.72. The zero-order chi connectivity index (χ0) is 26.7. The second-order valence-corrected chi connectivity index (χ2v) is 12.0. The minimum Gasteiger partial charge on any atom is -0.508 e. The third-order valence-electron chi connectivity index (χ3n) is 8.76. The van der Waals surface area contributed by atoms with Crippen LogP contribution in [0.2, 0.25) is 0 Å². The highest BCUT2D eigenvalue weighted by molar-refractivity contribution is 5.99. The number of hydrogen-bond donors (Lipinski definition) is 2. The molecule has 6 heteroatoms. The highest BCUT2D eigenvalue weighted by Gasteiger charge is 2.49. The Balaban J connectivity index is 1.75. The number of aromatic hydroxyl groups is 1. The second kappa shape index (κ2) is 11.6. The molecule has 2 aliphatic rings. The maximum Gasteiger partial charge on any atom is 0.167 e. The molecule has 2 N–H and O–H groups in total. The number of likely N-dealkylation sites (tertiary alicyclic amines) is 1. The number of carbonyl (C=O) groups is 1. The van der Waals surface area contributed by atoms with Crippen LogP contribution >= 0.6 is 0 Å². The topological polar surface area (TPSA) is 55.8 Å². The number of unbranched alkanes of at least 4 members (excludes halogenated alkanes) is 1. The molecule has 2 aromatic rings. The molecule has 0 spiro atoms. The minimum atomic E-state index is -0.314. The van der Waals surface area contributed by atoms with Crippen molar-refractivity contribution in [3.8, 4) is 5.75 Å². The Morgan fingerprint density at radius 2 is 1.92 bits per heavy atom. The molecule has 2 aromatic carbocycles. The lowest BCUT2D eigenvalue weighted by atomic mass is 9.62. The summed E-state index contributed by atoms with van der Waals surface area (Å²) >= 11 is 0. The van der Waals surface area contributed by atoms with Gasteiger partial charge >= 0.3 is 0 Å². The molecule has 5 nitrogen and oxygen atoms in total. The van der Waals surface area contributed by atoms with E-state index in [1.807, 2.05) is 13.0 Å². The van der Waals surface area contributed by atoms with Gasteiger partial charge in [-0.15, -0.1) is 0 Å². The molecule has 0 saturated carbocycles. The maximum atomic E-state index is 14.9. The van der Waals surface area contributed by atoms with Gasteiger partial charge in [-0.2, -0.15) is 0 Å². The van der Waals surface area contributed by atoms with Gasteiger partial charge in [0, 0.05) is 30.1 Å². The lowest BCUT2D eigenvalue weighted by Crippen LogP contribution is -2.54. The molecule has 4 atom stereocenters. The number of phenols is 1. The summed E-state index contributed by atoms with van der Waals surface area (Å²) in [6, 6.07) is 12.0. The van der Waals surface area contributed by atoms with E-state index < -0.39 is 0 Å². The summed E-state index contributed by atoms with van der Waals surface area (Å²) in [4.78, 5) is 18.9. The molecule has 0 aliphatic carbocycles. The van der Waals surface area contributed by atoms with Crippen LogP contribution in [0.3, 0.4) is 0 Å². The summed E-state index contributed by atoms with van der Waals surface area (Å²) in [5.41, 5.74) is 2.07. The van der Waals surface area contributed by atoms with Crippen LogP contribution in [0.5, 0.6) is 5.75 Å². The lowest BCUT2D eigenvalue weighted by molar-refractivity contribution is 0.0412. The number of nitrogens with zero attached hydrogens (tertiary/aromatic N) is 2. The van der Waals surface area contributed by atoms with E-state index in [4.69, 9.17) is 0 Å². The van der Waals surface area contributed by atoms with Crippen LogP contribution in [0.15, 0.2) is 42.5 Å².